The Morgan fingerprint density at radius 3 is 2.93 bits per heavy atom. The predicted octanol–water partition coefficient (Wildman–Crippen LogP) is -0.283. The van der Waals surface area contributed by atoms with Gasteiger partial charge in [-0.1, -0.05) is 0 Å². The molecule has 0 spiro atoms. The van der Waals surface area contributed by atoms with Crippen LogP contribution in [0.3, 0.4) is 0 Å². The molecule has 1 aromatic rings. The van der Waals surface area contributed by atoms with E-state index in [1.165, 1.54) is 24.0 Å². The number of aromatic nitrogens is 2. The molecule has 76 valence electrons. The number of nitrogens with one attached hydrogen (secondary N) is 1. The Morgan fingerprint density at radius 1 is 1.64 bits per heavy atom. The third kappa shape index (κ3) is 2.58. The van der Waals surface area contributed by atoms with Gasteiger partial charge in [0, 0.05) is 20.0 Å². The van der Waals surface area contributed by atoms with Crippen molar-refractivity contribution in [2.75, 3.05) is 6.54 Å². The number of imidazole rings is 1. The van der Waals surface area contributed by atoms with E-state index in [2.05, 4.69) is 10.3 Å². The van der Waals surface area contributed by atoms with E-state index in [0.29, 0.717) is 13.1 Å². The first kappa shape index (κ1) is 10.2. The van der Waals surface area contributed by atoms with Crippen LogP contribution in [-0.2, 0) is 11.3 Å². The van der Waals surface area contributed by atoms with Gasteiger partial charge in [0.1, 0.15) is 5.69 Å². The first-order chi connectivity index (χ1) is 6.61. The lowest BCUT2D eigenvalue weighted by Crippen LogP contribution is -2.25. The molecule has 0 fully saturated rings. The van der Waals surface area contributed by atoms with E-state index < -0.39 is 5.97 Å². The molecule has 14 heavy (non-hydrogen) atoms. The lowest BCUT2D eigenvalue weighted by Gasteiger charge is -2.04. The van der Waals surface area contributed by atoms with Gasteiger partial charge >= 0.3 is 5.97 Å². The maximum Gasteiger partial charge on any atom is 0.354 e. The molecule has 2 N–H and O–H groups in total. The highest BCUT2D eigenvalue weighted by Gasteiger charge is 2.08. The average Bonchev–Trinajstić information content (AvgIpc) is 2.51. The van der Waals surface area contributed by atoms with Crippen molar-refractivity contribution in [2.24, 2.45) is 0 Å². The van der Waals surface area contributed by atoms with Gasteiger partial charge in [-0.15, -0.1) is 0 Å². The van der Waals surface area contributed by atoms with E-state index in [0.717, 1.165) is 0 Å². The maximum absolute atomic E-state index is 10.6. The first-order valence-electron chi connectivity index (χ1n) is 4.09. The Kier molecular flexibility index (Phi) is 3.22. The molecular weight excluding hydrogens is 186 g/mol. The van der Waals surface area contributed by atoms with E-state index in [1.807, 2.05) is 0 Å². The van der Waals surface area contributed by atoms with Gasteiger partial charge < -0.3 is 15.0 Å². The number of hydrogen-bond donors (Lipinski definition) is 2. The number of carbonyl (C=O) groups excluding carboxylic acids is 1. The van der Waals surface area contributed by atoms with Gasteiger partial charge in [-0.3, -0.25) is 4.79 Å². The molecule has 1 aromatic heterocycles. The van der Waals surface area contributed by atoms with Crippen LogP contribution in [0.2, 0.25) is 0 Å². The number of carboxylic acid groups (broad SMARTS) is 1. The van der Waals surface area contributed by atoms with Crippen LogP contribution in [0.15, 0.2) is 12.5 Å². The van der Waals surface area contributed by atoms with Crippen LogP contribution >= 0.6 is 0 Å². The Labute approximate surface area is 80.6 Å². The van der Waals surface area contributed by atoms with Crippen molar-refractivity contribution >= 4 is 11.9 Å². The van der Waals surface area contributed by atoms with Gasteiger partial charge in [0.2, 0.25) is 5.91 Å². The number of rotatable bonds is 4. The number of carbonyl (C=O) groups is 2. The van der Waals surface area contributed by atoms with Gasteiger partial charge in [-0.05, 0) is 0 Å². The molecule has 0 aliphatic rings. The van der Waals surface area contributed by atoms with Crippen molar-refractivity contribution in [3.8, 4) is 0 Å². The Bertz CT molecular complexity index is 345. The minimum absolute atomic E-state index is 0.121. The Morgan fingerprint density at radius 2 is 2.36 bits per heavy atom. The number of nitrogens with zero attached hydrogens (tertiary/aromatic N) is 2. The zero-order valence-corrected chi connectivity index (χ0v) is 7.73. The average molecular weight is 197 g/mol. The van der Waals surface area contributed by atoms with Crippen LogP contribution in [0.25, 0.3) is 0 Å². The number of carboxylic acids is 1. The lowest BCUT2D eigenvalue weighted by molar-refractivity contribution is -0.118. The van der Waals surface area contributed by atoms with Crippen LogP contribution in [-0.4, -0.2) is 33.1 Å². The summed E-state index contributed by atoms with van der Waals surface area (Å²) in [6, 6.07) is 0. The van der Waals surface area contributed by atoms with Crippen molar-refractivity contribution in [3.63, 3.8) is 0 Å². The zero-order valence-electron chi connectivity index (χ0n) is 7.73. The second-order valence-electron chi connectivity index (χ2n) is 2.76. The summed E-state index contributed by atoms with van der Waals surface area (Å²) >= 11 is 0. The van der Waals surface area contributed by atoms with Crippen molar-refractivity contribution < 1.29 is 14.7 Å². The van der Waals surface area contributed by atoms with Crippen LogP contribution in [0.1, 0.15) is 17.4 Å². The van der Waals surface area contributed by atoms with Crippen molar-refractivity contribution in [2.45, 2.75) is 13.5 Å². The molecule has 0 aliphatic heterocycles. The fourth-order valence-corrected chi connectivity index (χ4v) is 1.03. The van der Waals surface area contributed by atoms with Crippen molar-refractivity contribution in [1.82, 2.24) is 14.9 Å². The number of hydrogen-bond acceptors (Lipinski definition) is 3. The molecule has 0 bridgehead atoms. The highest BCUT2D eigenvalue weighted by atomic mass is 16.4. The van der Waals surface area contributed by atoms with E-state index >= 15 is 0 Å². The van der Waals surface area contributed by atoms with E-state index in [9.17, 15) is 9.59 Å². The minimum Gasteiger partial charge on any atom is -0.477 e. The van der Waals surface area contributed by atoms with Crippen molar-refractivity contribution in [1.29, 1.82) is 0 Å². The second-order valence-corrected chi connectivity index (χ2v) is 2.76. The summed E-state index contributed by atoms with van der Waals surface area (Å²) < 4.78 is 1.47. The summed E-state index contributed by atoms with van der Waals surface area (Å²) in [5.74, 6) is -1.16. The van der Waals surface area contributed by atoms with E-state index in [4.69, 9.17) is 5.11 Å². The predicted molar refractivity (Wildman–Crippen MR) is 47.9 cm³/mol. The number of aromatic carboxylic acids is 1. The minimum atomic E-state index is -1.02. The molecule has 6 nitrogen and oxygen atoms in total. The smallest absolute Gasteiger partial charge is 0.354 e. The molecule has 1 heterocycles. The molecule has 0 saturated heterocycles. The van der Waals surface area contributed by atoms with E-state index in [1.54, 1.807) is 0 Å². The van der Waals surface area contributed by atoms with Gasteiger partial charge in [0.15, 0.2) is 0 Å². The standard InChI is InChI=1S/C8H11N3O3/c1-6(12)10-2-3-11-5-9-4-7(11)8(13)14/h4-5H,2-3H2,1H3,(H,10,12)(H,13,14). The largest absolute Gasteiger partial charge is 0.477 e. The fourth-order valence-electron chi connectivity index (χ4n) is 1.03. The fraction of sp³-hybridized carbons (Fsp3) is 0.375. The summed E-state index contributed by atoms with van der Waals surface area (Å²) in [4.78, 5) is 24.9. The monoisotopic (exact) mass is 197 g/mol. The van der Waals surface area contributed by atoms with Crippen LogP contribution in [0.4, 0.5) is 0 Å². The molecular formula is C8H11N3O3. The highest BCUT2D eigenvalue weighted by Crippen LogP contribution is 1.97. The van der Waals surface area contributed by atoms with Crippen LogP contribution in [0.5, 0.6) is 0 Å². The summed E-state index contributed by atoms with van der Waals surface area (Å²) in [7, 11) is 0. The molecule has 0 aliphatic carbocycles. The van der Waals surface area contributed by atoms with Crippen LogP contribution < -0.4 is 5.32 Å². The van der Waals surface area contributed by atoms with Gasteiger partial charge in [0.05, 0.1) is 12.5 Å². The topological polar surface area (TPSA) is 84.2 Å². The molecule has 0 radical (unpaired) electrons. The summed E-state index contributed by atoms with van der Waals surface area (Å²) in [5, 5.41) is 11.3. The number of amides is 1. The molecule has 0 atom stereocenters. The first-order valence-corrected chi connectivity index (χ1v) is 4.09. The Balaban J connectivity index is 2.54. The van der Waals surface area contributed by atoms with Gasteiger partial charge in [0.25, 0.3) is 0 Å². The summed E-state index contributed by atoms with van der Waals surface area (Å²) in [6.07, 6.45) is 2.70. The quantitative estimate of drug-likeness (QED) is 0.695. The third-order valence-corrected chi connectivity index (χ3v) is 1.66. The van der Waals surface area contributed by atoms with Gasteiger partial charge in [-0.25, -0.2) is 9.78 Å². The third-order valence-electron chi connectivity index (χ3n) is 1.66. The van der Waals surface area contributed by atoms with Gasteiger partial charge in [-0.2, -0.15) is 0 Å². The SMILES string of the molecule is CC(=O)NCCn1cncc1C(=O)O. The summed E-state index contributed by atoms with van der Waals surface area (Å²) in [5.41, 5.74) is 0.121. The maximum atomic E-state index is 10.6. The normalized spacial score (nSPS) is 9.79. The summed E-state index contributed by atoms with van der Waals surface area (Å²) in [6.45, 7) is 2.21. The Hall–Kier alpha value is -1.85. The zero-order chi connectivity index (χ0) is 10.6. The molecule has 0 aromatic carbocycles. The van der Waals surface area contributed by atoms with Crippen LogP contribution in [0, 0.1) is 0 Å². The molecule has 6 heteroatoms. The molecule has 0 saturated carbocycles. The van der Waals surface area contributed by atoms with Crippen molar-refractivity contribution in [3.05, 3.63) is 18.2 Å². The second kappa shape index (κ2) is 4.40. The highest BCUT2D eigenvalue weighted by molar-refractivity contribution is 5.85. The molecule has 0 unspecified atom stereocenters. The molecule has 1 rings (SSSR count). The lowest BCUT2D eigenvalue weighted by atomic mass is 10.4. The molecule has 1 amide bonds. The van der Waals surface area contributed by atoms with E-state index in [-0.39, 0.29) is 11.6 Å².